The standard InChI is InChI=1S/C8H6ClN9/c1-3-10-6-16-7(11-4(2)13-16)18-8(17(6)14-3)12-5(9)15-18/h1-2H3. The molecule has 0 amide bonds. The molecule has 0 aliphatic heterocycles. The van der Waals surface area contributed by atoms with Gasteiger partial charge in [-0.05, 0) is 25.4 Å². The van der Waals surface area contributed by atoms with E-state index in [1.807, 2.05) is 0 Å². The molecule has 0 spiro atoms. The summed E-state index contributed by atoms with van der Waals surface area (Å²) in [7, 11) is 0. The van der Waals surface area contributed by atoms with Crippen molar-refractivity contribution in [3.8, 4) is 0 Å². The molecule has 4 heterocycles. The van der Waals surface area contributed by atoms with E-state index in [2.05, 4.69) is 30.2 Å². The van der Waals surface area contributed by atoms with Gasteiger partial charge in [-0.25, -0.2) is 0 Å². The van der Waals surface area contributed by atoms with Crippen LogP contribution in [0, 0.1) is 13.8 Å². The van der Waals surface area contributed by atoms with Gasteiger partial charge in [-0.3, -0.25) is 0 Å². The summed E-state index contributed by atoms with van der Waals surface area (Å²) in [6, 6.07) is 0. The van der Waals surface area contributed by atoms with E-state index in [0.29, 0.717) is 29.0 Å². The van der Waals surface area contributed by atoms with Gasteiger partial charge in [0.05, 0.1) is 0 Å². The zero-order chi connectivity index (χ0) is 12.4. The maximum Gasteiger partial charge on any atom is 0.261 e. The molecule has 4 aromatic heterocycles. The number of nitrogens with zero attached hydrogens (tertiary/aromatic N) is 9. The summed E-state index contributed by atoms with van der Waals surface area (Å²) in [4.78, 5) is 12.7. The molecule has 10 heteroatoms. The highest BCUT2D eigenvalue weighted by molar-refractivity contribution is 6.28. The Hall–Kier alpha value is -2.29. The highest BCUT2D eigenvalue weighted by Crippen LogP contribution is 2.12. The highest BCUT2D eigenvalue weighted by Gasteiger charge is 2.17. The van der Waals surface area contributed by atoms with E-state index < -0.39 is 0 Å². The van der Waals surface area contributed by atoms with Crippen LogP contribution in [0.15, 0.2) is 0 Å². The minimum absolute atomic E-state index is 0.123. The normalized spacial score (nSPS) is 12.2. The number of aromatic nitrogens is 9. The van der Waals surface area contributed by atoms with Crippen LogP contribution in [-0.4, -0.2) is 43.8 Å². The summed E-state index contributed by atoms with van der Waals surface area (Å²) in [5.41, 5.74) is 0. The van der Waals surface area contributed by atoms with Crippen molar-refractivity contribution in [2.45, 2.75) is 13.8 Å². The number of hydrogen-bond acceptors (Lipinski definition) is 6. The highest BCUT2D eigenvalue weighted by atomic mass is 35.5. The molecule has 0 fully saturated rings. The first-order valence-corrected chi connectivity index (χ1v) is 5.52. The fourth-order valence-electron chi connectivity index (χ4n) is 1.90. The van der Waals surface area contributed by atoms with Crippen molar-refractivity contribution in [2.75, 3.05) is 0 Å². The fraction of sp³-hybridized carbons (Fsp3) is 0.250. The Labute approximate surface area is 104 Å². The summed E-state index contributed by atoms with van der Waals surface area (Å²) in [5.74, 6) is 2.70. The predicted octanol–water partition coefficient (Wildman–Crippen LogP) is 0.0849. The zero-order valence-corrected chi connectivity index (χ0v) is 10.2. The third-order valence-corrected chi connectivity index (χ3v) is 2.68. The van der Waals surface area contributed by atoms with Crippen LogP contribution < -0.4 is 0 Å². The predicted molar refractivity (Wildman–Crippen MR) is 60.6 cm³/mol. The molecular formula is C8H6ClN9. The third kappa shape index (κ3) is 1.06. The first kappa shape index (κ1) is 9.71. The van der Waals surface area contributed by atoms with Crippen molar-refractivity contribution in [1.29, 1.82) is 0 Å². The van der Waals surface area contributed by atoms with Gasteiger partial charge in [0.1, 0.15) is 11.6 Å². The average Bonchev–Trinajstić information content (AvgIpc) is 2.93. The van der Waals surface area contributed by atoms with Gasteiger partial charge in [-0.1, -0.05) is 0 Å². The fourth-order valence-corrected chi connectivity index (χ4v) is 2.05. The van der Waals surface area contributed by atoms with Gasteiger partial charge in [0, 0.05) is 0 Å². The molecule has 0 bridgehead atoms. The maximum absolute atomic E-state index is 5.84. The van der Waals surface area contributed by atoms with Gasteiger partial charge < -0.3 is 0 Å². The summed E-state index contributed by atoms with van der Waals surface area (Å²) >= 11 is 5.84. The van der Waals surface area contributed by atoms with Crippen LogP contribution in [0.5, 0.6) is 0 Å². The van der Waals surface area contributed by atoms with Gasteiger partial charge in [-0.15, -0.1) is 15.3 Å². The largest absolute Gasteiger partial charge is 0.261 e. The number of halogens is 1. The van der Waals surface area contributed by atoms with E-state index in [9.17, 15) is 0 Å². The summed E-state index contributed by atoms with van der Waals surface area (Å²) in [6.07, 6.45) is 0. The average molecular weight is 264 g/mol. The summed E-state index contributed by atoms with van der Waals surface area (Å²) in [6.45, 7) is 3.58. The van der Waals surface area contributed by atoms with Crippen LogP contribution in [0.3, 0.4) is 0 Å². The Bertz CT molecular complexity index is 695. The molecule has 0 aromatic carbocycles. The van der Waals surface area contributed by atoms with Crippen molar-refractivity contribution in [3.05, 3.63) is 16.9 Å². The van der Waals surface area contributed by atoms with Crippen LogP contribution in [0.25, 0.3) is 17.3 Å². The Morgan fingerprint density at radius 3 is 1.72 bits per heavy atom. The number of hydrogen-bond donors (Lipinski definition) is 0. The zero-order valence-electron chi connectivity index (χ0n) is 9.40. The molecular weight excluding hydrogens is 258 g/mol. The molecule has 0 N–H and O–H groups in total. The molecule has 18 heavy (non-hydrogen) atoms. The lowest BCUT2D eigenvalue weighted by Gasteiger charge is -1.97. The molecule has 0 unspecified atom stereocenters. The molecule has 0 aliphatic rings. The molecule has 90 valence electrons. The number of rotatable bonds is 0. The second-order valence-corrected chi connectivity index (χ2v) is 4.17. The topological polar surface area (TPSA) is 90.6 Å². The van der Waals surface area contributed by atoms with Crippen LogP contribution >= 0.6 is 11.6 Å². The minimum Gasteiger partial charge on any atom is -0.194 e. The van der Waals surface area contributed by atoms with Gasteiger partial charge in [0.15, 0.2) is 0 Å². The van der Waals surface area contributed by atoms with Crippen LogP contribution in [0.4, 0.5) is 0 Å². The van der Waals surface area contributed by atoms with E-state index in [4.69, 9.17) is 11.6 Å². The summed E-state index contributed by atoms with van der Waals surface area (Å²) < 4.78 is 4.59. The van der Waals surface area contributed by atoms with Gasteiger partial charge >= 0.3 is 0 Å². The SMILES string of the molecule is Cc1nc2n(n1)c1nc(C)nn1c1nc(Cl)nn21. The van der Waals surface area contributed by atoms with E-state index >= 15 is 0 Å². The molecule has 4 aromatic rings. The van der Waals surface area contributed by atoms with Gasteiger partial charge in [0.25, 0.3) is 17.3 Å². The lowest BCUT2D eigenvalue weighted by molar-refractivity contribution is 0.810. The molecule has 0 atom stereocenters. The van der Waals surface area contributed by atoms with Gasteiger partial charge in [-0.2, -0.15) is 28.5 Å². The molecule has 9 nitrogen and oxygen atoms in total. The maximum atomic E-state index is 5.84. The molecule has 0 saturated heterocycles. The smallest absolute Gasteiger partial charge is 0.194 e. The quantitative estimate of drug-likeness (QED) is 0.446. The molecule has 0 radical (unpaired) electrons. The second-order valence-electron chi connectivity index (χ2n) is 3.83. The monoisotopic (exact) mass is 263 g/mol. The van der Waals surface area contributed by atoms with Crippen molar-refractivity contribution < 1.29 is 0 Å². The Balaban J connectivity index is 2.43. The first-order valence-electron chi connectivity index (χ1n) is 5.14. The minimum atomic E-state index is 0.123. The van der Waals surface area contributed by atoms with Crippen molar-refractivity contribution >= 4 is 28.9 Å². The van der Waals surface area contributed by atoms with E-state index in [-0.39, 0.29) is 5.28 Å². The van der Waals surface area contributed by atoms with Crippen LogP contribution in [0.2, 0.25) is 5.28 Å². The van der Waals surface area contributed by atoms with Gasteiger partial charge in [0.2, 0.25) is 5.28 Å². The van der Waals surface area contributed by atoms with E-state index in [1.54, 1.807) is 18.4 Å². The van der Waals surface area contributed by atoms with E-state index in [0.717, 1.165) is 0 Å². The second kappa shape index (κ2) is 2.93. The van der Waals surface area contributed by atoms with Crippen molar-refractivity contribution in [2.24, 2.45) is 0 Å². The number of fused-ring (bicyclic) bond motifs is 6. The summed E-state index contributed by atoms with van der Waals surface area (Å²) in [5, 5.41) is 12.7. The number of aryl methyl sites for hydroxylation is 2. The Morgan fingerprint density at radius 2 is 1.17 bits per heavy atom. The Morgan fingerprint density at radius 1 is 0.722 bits per heavy atom. The molecule has 0 aliphatic carbocycles. The van der Waals surface area contributed by atoms with E-state index in [1.165, 1.54) is 9.03 Å². The lowest BCUT2D eigenvalue weighted by atomic mass is 10.7. The Kier molecular flexibility index (Phi) is 1.58. The first-order chi connectivity index (χ1) is 8.63. The third-order valence-electron chi connectivity index (χ3n) is 2.52. The molecule has 0 saturated carbocycles. The van der Waals surface area contributed by atoms with Crippen LogP contribution in [0.1, 0.15) is 11.6 Å². The van der Waals surface area contributed by atoms with Crippen molar-refractivity contribution in [3.63, 3.8) is 0 Å². The van der Waals surface area contributed by atoms with Crippen molar-refractivity contribution in [1.82, 2.24) is 43.8 Å². The lowest BCUT2D eigenvalue weighted by Crippen LogP contribution is -2.06. The van der Waals surface area contributed by atoms with Crippen LogP contribution in [-0.2, 0) is 0 Å². The molecule has 4 rings (SSSR count).